The second-order valence-electron chi connectivity index (χ2n) is 7.82. The summed E-state index contributed by atoms with van der Waals surface area (Å²) < 4.78 is 0. The summed E-state index contributed by atoms with van der Waals surface area (Å²) in [6.07, 6.45) is 8.25. The molecule has 1 aliphatic rings. The van der Waals surface area contributed by atoms with Crippen LogP contribution in [0.3, 0.4) is 0 Å². The molecule has 0 amide bonds. The zero-order valence-electron chi connectivity index (χ0n) is 16.5. The Balaban J connectivity index is 1.94. The summed E-state index contributed by atoms with van der Waals surface area (Å²) >= 11 is 0. The van der Waals surface area contributed by atoms with E-state index in [1.54, 1.807) is 0 Å². The standard InChI is InChI=1S/C25H28O2/c1-18-9-13-20(14-10-18)24(3,26)22-7-5-6-8-23(17-22)25(4,27)21-15-11-19(2)12-16-21/h5-16,26-27H,17H2,1-4H3. The van der Waals surface area contributed by atoms with Crippen molar-refractivity contribution in [1.82, 2.24) is 0 Å². The van der Waals surface area contributed by atoms with Gasteiger partial charge < -0.3 is 10.2 Å². The second-order valence-corrected chi connectivity index (χ2v) is 7.82. The van der Waals surface area contributed by atoms with E-state index in [0.717, 1.165) is 33.4 Å². The van der Waals surface area contributed by atoms with Crippen molar-refractivity contribution in [3.05, 3.63) is 106 Å². The summed E-state index contributed by atoms with van der Waals surface area (Å²) in [6.45, 7) is 7.71. The molecule has 2 aromatic rings. The van der Waals surface area contributed by atoms with Crippen molar-refractivity contribution < 1.29 is 10.2 Å². The van der Waals surface area contributed by atoms with Crippen LogP contribution < -0.4 is 0 Å². The lowest BCUT2D eigenvalue weighted by molar-refractivity contribution is 0.0803. The van der Waals surface area contributed by atoms with E-state index in [4.69, 9.17) is 0 Å². The molecule has 140 valence electrons. The van der Waals surface area contributed by atoms with E-state index in [1.807, 2.05) is 101 Å². The summed E-state index contributed by atoms with van der Waals surface area (Å²) in [6, 6.07) is 15.9. The molecule has 0 spiro atoms. The largest absolute Gasteiger partial charge is 0.381 e. The molecule has 0 bridgehead atoms. The highest BCUT2D eigenvalue weighted by atomic mass is 16.3. The van der Waals surface area contributed by atoms with Crippen LogP contribution in [0.25, 0.3) is 0 Å². The van der Waals surface area contributed by atoms with Crippen molar-refractivity contribution in [3.63, 3.8) is 0 Å². The third-order valence-corrected chi connectivity index (χ3v) is 5.56. The molecule has 3 rings (SSSR count). The Morgan fingerprint density at radius 2 is 0.963 bits per heavy atom. The first-order valence-corrected chi connectivity index (χ1v) is 9.37. The fourth-order valence-electron chi connectivity index (χ4n) is 3.46. The van der Waals surface area contributed by atoms with Crippen molar-refractivity contribution in [2.45, 2.75) is 45.3 Å². The summed E-state index contributed by atoms with van der Waals surface area (Å²) in [5.41, 5.74) is 3.53. The zero-order valence-corrected chi connectivity index (χ0v) is 16.5. The van der Waals surface area contributed by atoms with Gasteiger partial charge in [0.15, 0.2) is 0 Å². The van der Waals surface area contributed by atoms with Gasteiger partial charge in [0, 0.05) is 0 Å². The Hall–Kier alpha value is -2.42. The SMILES string of the molecule is Cc1ccc(C(C)(O)C2=CC=CC=C(C(C)(O)c3ccc(C)cc3)C2)cc1. The monoisotopic (exact) mass is 360 g/mol. The van der Waals surface area contributed by atoms with E-state index in [-0.39, 0.29) is 0 Å². The van der Waals surface area contributed by atoms with Crippen LogP contribution in [-0.4, -0.2) is 10.2 Å². The first-order valence-electron chi connectivity index (χ1n) is 9.37. The fraction of sp³-hybridized carbons (Fsp3) is 0.280. The zero-order chi connectivity index (χ0) is 19.7. The van der Waals surface area contributed by atoms with Crippen LogP contribution in [0.4, 0.5) is 0 Å². The van der Waals surface area contributed by atoms with E-state index >= 15 is 0 Å². The van der Waals surface area contributed by atoms with Gasteiger partial charge >= 0.3 is 0 Å². The molecule has 2 N–H and O–H groups in total. The van der Waals surface area contributed by atoms with Crippen molar-refractivity contribution in [2.24, 2.45) is 0 Å². The third kappa shape index (κ3) is 3.97. The average Bonchev–Trinajstić information content (AvgIpc) is 2.90. The maximum atomic E-state index is 11.3. The first-order chi connectivity index (χ1) is 12.7. The van der Waals surface area contributed by atoms with Gasteiger partial charge in [0.2, 0.25) is 0 Å². The van der Waals surface area contributed by atoms with Gasteiger partial charge in [-0.15, -0.1) is 0 Å². The summed E-state index contributed by atoms with van der Waals surface area (Å²) in [5, 5.41) is 22.6. The number of aliphatic hydroxyl groups is 2. The van der Waals surface area contributed by atoms with E-state index in [1.165, 1.54) is 0 Å². The number of allylic oxidation sites excluding steroid dienone is 4. The molecule has 0 fully saturated rings. The van der Waals surface area contributed by atoms with Crippen LogP contribution in [0.5, 0.6) is 0 Å². The lowest BCUT2D eigenvalue weighted by Gasteiger charge is -2.32. The molecule has 0 aromatic heterocycles. The maximum Gasteiger partial charge on any atom is 0.108 e. The molecule has 0 heterocycles. The molecule has 2 heteroatoms. The summed E-state index contributed by atoms with van der Waals surface area (Å²) in [5.74, 6) is 0. The van der Waals surface area contributed by atoms with Crippen LogP contribution in [0.1, 0.15) is 42.5 Å². The van der Waals surface area contributed by atoms with E-state index in [9.17, 15) is 10.2 Å². The van der Waals surface area contributed by atoms with Gasteiger partial charge in [0.1, 0.15) is 11.2 Å². The summed E-state index contributed by atoms with van der Waals surface area (Å²) in [4.78, 5) is 0. The molecule has 27 heavy (non-hydrogen) atoms. The quantitative estimate of drug-likeness (QED) is 0.784. The Labute approximate surface area is 162 Å². The Bertz CT molecular complexity index is 817. The van der Waals surface area contributed by atoms with Gasteiger partial charge in [0.05, 0.1) is 0 Å². The number of aryl methyl sites for hydroxylation is 2. The molecule has 2 atom stereocenters. The van der Waals surface area contributed by atoms with Crippen molar-refractivity contribution in [1.29, 1.82) is 0 Å². The van der Waals surface area contributed by atoms with Gasteiger partial charge in [-0.3, -0.25) is 0 Å². The molecule has 2 unspecified atom stereocenters. The van der Waals surface area contributed by atoms with Crippen molar-refractivity contribution in [2.75, 3.05) is 0 Å². The maximum absolute atomic E-state index is 11.3. The molecule has 0 saturated carbocycles. The van der Waals surface area contributed by atoms with Gasteiger partial charge in [-0.25, -0.2) is 0 Å². The average molecular weight is 360 g/mol. The minimum absolute atomic E-state index is 0.495. The molecule has 0 radical (unpaired) electrons. The molecule has 1 aliphatic carbocycles. The molecule has 0 aliphatic heterocycles. The lowest BCUT2D eigenvalue weighted by Crippen LogP contribution is -2.29. The van der Waals surface area contributed by atoms with E-state index in [2.05, 4.69) is 0 Å². The van der Waals surface area contributed by atoms with Crippen LogP contribution in [0.2, 0.25) is 0 Å². The smallest absolute Gasteiger partial charge is 0.108 e. The predicted octanol–water partition coefficient (Wildman–Crippen LogP) is 5.23. The number of rotatable bonds is 4. The van der Waals surface area contributed by atoms with Crippen LogP contribution in [-0.2, 0) is 11.2 Å². The van der Waals surface area contributed by atoms with Gasteiger partial charge in [-0.1, -0.05) is 84.0 Å². The van der Waals surface area contributed by atoms with Crippen molar-refractivity contribution in [3.8, 4) is 0 Å². The van der Waals surface area contributed by atoms with Crippen LogP contribution in [0, 0.1) is 13.8 Å². The topological polar surface area (TPSA) is 40.5 Å². The van der Waals surface area contributed by atoms with Crippen LogP contribution >= 0.6 is 0 Å². The fourth-order valence-corrected chi connectivity index (χ4v) is 3.46. The highest BCUT2D eigenvalue weighted by molar-refractivity contribution is 5.44. The van der Waals surface area contributed by atoms with Gasteiger partial charge in [0.25, 0.3) is 0 Å². The van der Waals surface area contributed by atoms with E-state index < -0.39 is 11.2 Å². The van der Waals surface area contributed by atoms with Gasteiger partial charge in [-0.2, -0.15) is 0 Å². The minimum Gasteiger partial charge on any atom is -0.381 e. The summed E-state index contributed by atoms with van der Waals surface area (Å²) in [7, 11) is 0. The first kappa shape index (κ1) is 19.3. The number of benzene rings is 2. The Morgan fingerprint density at radius 1 is 0.630 bits per heavy atom. The van der Waals surface area contributed by atoms with E-state index in [0.29, 0.717) is 6.42 Å². The minimum atomic E-state index is -1.11. The molecule has 0 saturated heterocycles. The third-order valence-electron chi connectivity index (χ3n) is 5.56. The Kier molecular flexibility index (Phi) is 5.23. The highest BCUT2D eigenvalue weighted by Crippen LogP contribution is 2.40. The molecule has 2 aromatic carbocycles. The number of hydrogen-bond acceptors (Lipinski definition) is 2. The Morgan fingerprint density at radius 3 is 1.30 bits per heavy atom. The predicted molar refractivity (Wildman–Crippen MR) is 111 cm³/mol. The van der Waals surface area contributed by atoms with Crippen LogP contribution in [0.15, 0.2) is 84.0 Å². The van der Waals surface area contributed by atoms with Crippen molar-refractivity contribution >= 4 is 0 Å². The molecular weight excluding hydrogens is 332 g/mol. The highest BCUT2D eigenvalue weighted by Gasteiger charge is 2.34. The molecular formula is C25H28O2. The van der Waals surface area contributed by atoms with Gasteiger partial charge in [-0.05, 0) is 56.4 Å². The normalized spacial score (nSPS) is 18.7. The second kappa shape index (κ2) is 7.30. The lowest BCUT2D eigenvalue weighted by atomic mass is 9.79. The number of hydrogen-bond donors (Lipinski definition) is 2. The molecule has 2 nitrogen and oxygen atoms in total.